The summed E-state index contributed by atoms with van der Waals surface area (Å²) in [5.74, 6) is 0. The first kappa shape index (κ1) is 16.4. The van der Waals surface area contributed by atoms with Crippen molar-refractivity contribution in [2.75, 3.05) is 32.8 Å². The van der Waals surface area contributed by atoms with Crippen molar-refractivity contribution in [3.05, 3.63) is 0 Å². The molecule has 17 heavy (non-hydrogen) atoms. The van der Waals surface area contributed by atoms with Crippen molar-refractivity contribution in [3.8, 4) is 0 Å². The first-order chi connectivity index (χ1) is 7.89. The highest BCUT2D eigenvalue weighted by atomic mass is 16.5. The molecule has 0 aromatic carbocycles. The van der Waals surface area contributed by atoms with Crippen molar-refractivity contribution in [1.29, 1.82) is 0 Å². The third kappa shape index (κ3) is 10.2. The third-order valence-electron chi connectivity index (χ3n) is 2.27. The van der Waals surface area contributed by atoms with Crippen LogP contribution in [0.25, 0.3) is 0 Å². The maximum Gasteiger partial charge on any atom is 0.293 e. The number of carbonyl (C=O) groups is 1. The highest BCUT2D eigenvalue weighted by molar-refractivity contribution is 5.37. The predicted octanol–water partition coefficient (Wildman–Crippen LogP) is 0.230. The van der Waals surface area contributed by atoms with Crippen molar-refractivity contribution in [2.45, 2.75) is 39.3 Å². The Kier molecular flexibility index (Phi) is 8.12. The minimum Gasteiger partial charge on any atom is -0.462 e. The summed E-state index contributed by atoms with van der Waals surface area (Å²) in [6, 6.07) is 0.584. The molecule has 102 valence electrons. The van der Waals surface area contributed by atoms with Crippen LogP contribution < -0.4 is 5.32 Å². The SMILES string of the molecule is CC(C)(C)OC=O.C[C@@H]1CN(CCO)CCN1. The number of ether oxygens (including phenoxy) is 1. The van der Waals surface area contributed by atoms with Gasteiger partial charge in [0.05, 0.1) is 6.61 Å². The molecule has 0 saturated carbocycles. The van der Waals surface area contributed by atoms with Crippen LogP contribution in [0.15, 0.2) is 0 Å². The maximum atomic E-state index is 9.60. The van der Waals surface area contributed by atoms with Gasteiger partial charge in [-0.15, -0.1) is 0 Å². The fraction of sp³-hybridized carbons (Fsp3) is 0.917. The Morgan fingerprint density at radius 1 is 1.53 bits per heavy atom. The van der Waals surface area contributed by atoms with Gasteiger partial charge >= 0.3 is 0 Å². The Bertz CT molecular complexity index is 202. The van der Waals surface area contributed by atoms with Crippen LogP contribution in [0.4, 0.5) is 0 Å². The Labute approximate surface area is 104 Å². The molecule has 2 N–H and O–H groups in total. The van der Waals surface area contributed by atoms with E-state index >= 15 is 0 Å². The third-order valence-corrected chi connectivity index (χ3v) is 2.27. The van der Waals surface area contributed by atoms with Gasteiger partial charge in [0.25, 0.3) is 6.47 Å². The maximum absolute atomic E-state index is 9.60. The summed E-state index contributed by atoms with van der Waals surface area (Å²) in [5, 5.41) is 12.0. The van der Waals surface area contributed by atoms with Crippen LogP contribution in [-0.4, -0.2) is 60.9 Å². The van der Waals surface area contributed by atoms with Crippen LogP contribution in [-0.2, 0) is 9.53 Å². The molecule has 0 bridgehead atoms. The number of aliphatic hydroxyl groups is 1. The summed E-state index contributed by atoms with van der Waals surface area (Å²) in [6.45, 7) is 12.4. The lowest BCUT2D eigenvalue weighted by Gasteiger charge is -2.31. The van der Waals surface area contributed by atoms with Crippen LogP contribution in [0.1, 0.15) is 27.7 Å². The fourth-order valence-electron chi connectivity index (χ4n) is 1.50. The van der Waals surface area contributed by atoms with Gasteiger partial charge in [0, 0.05) is 32.2 Å². The Morgan fingerprint density at radius 2 is 2.18 bits per heavy atom. The highest BCUT2D eigenvalue weighted by Crippen LogP contribution is 2.02. The van der Waals surface area contributed by atoms with Gasteiger partial charge in [0.1, 0.15) is 5.60 Å². The number of nitrogens with zero attached hydrogens (tertiary/aromatic N) is 1. The topological polar surface area (TPSA) is 61.8 Å². The van der Waals surface area contributed by atoms with Crippen LogP contribution in [0, 0.1) is 0 Å². The molecule has 0 unspecified atom stereocenters. The summed E-state index contributed by atoms with van der Waals surface area (Å²) in [5.41, 5.74) is -0.318. The Balaban J connectivity index is 0.000000325. The van der Waals surface area contributed by atoms with Crippen LogP contribution in [0.5, 0.6) is 0 Å². The first-order valence-electron chi connectivity index (χ1n) is 6.07. The predicted molar refractivity (Wildman–Crippen MR) is 67.9 cm³/mol. The standard InChI is InChI=1S/C7H16N2O.C5H10O2/c1-7-6-9(4-5-10)3-2-8-7;1-5(2,3)7-4-6/h7-8,10H,2-6H2,1H3;4H,1-3H3/t7-;/m1./s1. The molecule has 0 aromatic heterocycles. The lowest BCUT2D eigenvalue weighted by Crippen LogP contribution is -2.49. The summed E-state index contributed by atoms with van der Waals surface area (Å²) in [6.07, 6.45) is 0. The molecule has 0 aromatic rings. The Morgan fingerprint density at radius 3 is 2.53 bits per heavy atom. The van der Waals surface area contributed by atoms with Crippen molar-refractivity contribution >= 4 is 6.47 Å². The number of β-amino-alcohol motifs (C(OH)–C–C–N with tert-alkyl or cyclic N) is 1. The van der Waals surface area contributed by atoms with Gasteiger partial charge in [-0.05, 0) is 27.7 Å². The molecule has 1 heterocycles. The zero-order valence-electron chi connectivity index (χ0n) is 11.4. The second kappa shape index (κ2) is 8.44. The number of rotatable bonds is 3. The molecule has 1 fully saturated rings. The van der Waals surface area contributed by atoms with Gasteiger partial charge in [-0.1, -0.05) is 0 Å². The van der Waals surface area contributed by atoms with E-state index < -0.39 is 0 Å². The summed E-state index contributed by atoms with van der Waals surface area (Å²) >= 11 is 0. The molecule has 1 rings (SSSR count). The van der Waals surface area contributed by atoms with Gasteiger partial charge in [-0.2, -0.15) is 0 Å². The minimum absolute atomic E-state index is 0.284. The fourth-order valence-corrected chi connectivity index (χ4v) is 1.50. The lowest BCUT2D eigenvalue weighted by atomic mass is 10.2. The molecule has 0 amide bonds. The van der Waals surface area contributed by atoms with Gasteiger partial charge in [-0.3, -0.25) is 9.69 Å². The first-order valence-corrected chi connectivity index (χ1v) is 6.07. The molecule has 1 atom stereocenters. The van der Waals surface area contributed by atoms with E-state index in [1.54, 1.807) is 0 Å². The van der Waals surface area contributed by atoms with Crippen molar-refractivity contribution in [1.82, 2.24) is 10.2 Å². The average molecular weight is 246 g/mol. The highest BCUT2D eigenvalue weighted by Gasteiger charge is 2.13. The van der Waals surface area contributed by atoms with Crippen LogP contribution in [0.2, 0.25) is 0 Å². The van der Waals surface area contributed by atoms with Gasteiger partial charge in [0.15, 0.2) is 0 Å². The van der Waals surface area contributed by atoms with E-state index in [-0.39, 0.29) is 12.2 Å². The van der Waals surface area contributed by atoms with Crippen molar-refractivity contribution in [2.24, 2.45) is 0 Å². The molecule has 0 aliphatic carbocycles. The van der Waals surface area contributed by atoms with E-state index in [9.17, 15) is 4.79 Å². The average Bonchev–Trinajstić information content (AvgIpc) is 2.17. The van der Waals surface area contributed by atoms with E-state index in [2.05, 4.69) is 21.9 Å². The Hall–Kier alpha value is -0.650. The van der Waals surface area contributed by atoms with E-state index in [4.69, 9.17) is 5.11 Å². The molecule has 0 radical (unpaired) electrons. The minimum atomic E-state index is -0.318. The quantitative estimate of drug-likeness (QED) is 0.698. The summed E-state index contributed by atoms with van der Waals surface area (Å²) < 4.78 is 4.55. The van der Waals surface area contributed by atoms with E-state index in [0.29, 0.717) is 12.5 Å². The van der Waals surface area contributed by atoms with Crippen LogP contribution >= 0.6 is 0 Å². The largest absolute Gasteiger partial charge is 0.462 e. The lowest BCUT2D eigenvalue weighted by molar-refractivity contribution is -0.138. The van der Waals surface area contributed by atoms with Crippen molar-refractivity contribution < 1.29 is 14.6 Å². The molecule has 1 aliphatic rings. The number of hydrogen-bond acceptors (Lipinski definition) is 5. The molecule has 5 heteroatoms. The van der Waals surface area contributed by atoms with Crippen molar-refractivity contribution in [3.63, 3.8) is 0 Å². The summed E-state index contributed by atoms with van der Waals surface area (Å²) in [4.78, 5) is 11.9. The summed E-state index contributed by atoms with van der Waals surface area (Å²) in [7, 11) is 0. The molecular formula is C12H26N2O3. The van der Waals surface area contributed by atoms with E-state index in [1.807, 2.05) is 20.8 Å². The van der Waals surface area contributed by atoms with Crippen LogP contribution in [0.3, 0.4) is 0 Å². The number of carbonyl (C=O) groups excluding carboxylic acids is 1. The van der Waals surface area contributed by atoms with Gasteiger partial charge in [0.2, 0.25) is 0 Å². The zero-order chi connectivity index (χ0) is 13.3. The van der Waals surface area contributed by atoms with Gasteiger partial charge < -0.3 is 15.2 Å². The normalized spacial score (nSPS) is 21.4. The number of hydrogen-bond donors (Lipinski definition) is 2. The molecule has 0 spiro atoms. The smallest absolute Gasteiger partial charge is 0.293 e. The molecule has 1 aliphatic heterocycles. The molecular weight excluding hydrogens is 220 g/mol. The monoisotopic (exact) mass is 246 g/mol. The number of nitrogens with one attached hydrogen (secondary N) is 1. The molecule has 5 nitrogen and oxygen atoms in total. The molecule has 1 saturated heterocycles. The number of aliphatic hydroxyl groups excluding tert-OH is 1. The number of piperazine rings is 1. The van der Waals surface area contributed by atoms with Gasteiger partial charge in [-0.25, -0.2) is 0 Å². The second-order valence-corrected chi connectivity index (χ2v) is 5.21. The van der Waals surface area contributed by atoms with E-state index in [1.165, 1.54) is 0 Å². The second-order valence-electron chi connectivity index (χ2n) is 5.21. The van der Waals surface area contributed by atoms with E-state index in [0.717, 1.165) is 26.2 Å². The zero-order valence-corrected chi connectivity index (χ0v) is 11.4.